The molecule has 1 atom stereocenters. The Balaban J connectivity index is 1.57. The third-order valence-electron chi connectivity index (χ3n) is 5.43. The molecule has 1 aliphatic rings. The first-order valence-corrected chi connectivity index (χ1v) is 9.32. The zero-order valence-electron chi connectivity index (χ0n) is 15.4. The van der Waals surface area contributed by atoms with E-state index in [4.69, 9.17) is 0 Å². The molecule has 26 heavy (non-hydrogen) atoms. The quantitative estimate of drug-likeness (QED) is 0.824. The van der Waals surface area contributed by atoms with E-state index in [-0.39, 0.29) is 24.3 Å². The van der Waals surface area contributed by atoms with Crippen LogP contribution in [0.2, 0.25) is 0 Å². The third-order valence-corrected chi connectivity index (χ3v) is 5.43. The Labute approximate surface area is 154 Å². The van der Waals surface area contributed by atoms with Crippen LogP contribution in [0.3, 0.4) is 0 Å². The number of amides is 1. The molecular weight excluding hydrogens is 330 g/mol. The SMILES string of the molecule is Cc1nonc1CC(=O)N1CCC[C@](CO)(CCCc2ccccc2)C1. The zero-order valence-corrected chi connectivity index (χ0v) is 15.4. The van der Waals surface area contributed by atoms with E-state index in [1.807, 2.05) is 11.0 Å². The molecular formula is C20H27N3O3. The summed E-state index contributed by atoms with van der Waals surface area (Å²) in [6, 6.07) is 10.4. The molecule has 0 spiro atoms. The summed E-state index contributed by atoms with van der Waals surface area (Å²) in [5.74, 6) is 0.0318. The van der Waals surface area contributed by atoms with Crippen molar-refractivity contribution in [3.8, 4) is 0 Å². The smallest absolute Gasteiger partial charge is 0.228 e. The molecule has 2 heterocycles. The number of carbonyl (C=O) groups is 1. The van der Waals surface area contributed by atoms with Crippen molar-refractivity contribution in [1.82, 2.24) is 15.2 Å². The van der Waals surface area contributed by atoms with Gasteiger partial charge in [0.2, 0.25) is 5.91 Å². The van der Waals surface area contributed by atoms with Crippen LogP contribution in [0, 0.1) is 12.3 Å². The number of benzene rings is 1. The summed E-state index contributed by atoms with van der Waals surface area (Å²) >= 11 is 0. The van der Waals surface area contributed by atoms with Crippen molar-refractivity contribution in [1.29, 1.82) is 0 Å². The Kier molecular flexibility index (Phi) is 6.04. The number of piperidine rings is 1. The topological polar surface area (TPSA) is 79.5 Å². The highest BCUT2D eigenvalue weighted by atomic mass is 16.6. The predicted molar refractivity (Wildman–Crippen MR) is 97.5 cm³/mol. The molecule has 1 aliphatic heterocycles. The monoisotopic (exact) mass is 357 g/mol. The van der Waals surface area contributed by atoms with Crippen LogP contribution in [0.4, 0.5) is 0 Å². The summed E-state index contributed by atoms with van der Waals surface area (Å²) in [6.07, 6.45) is 5.03. The number of nitrogens with zero attached hydrogens (tertiary/aromatic N) is 3. The Morgan fingerprint density at radius 1 is 1.31 bits per heavy atom. The molecule has 0 aliphatic carbocycles. The van der Waals surface area contributed by atoms with Crippen molar-refractivity contribution in [2.75, 3.05) is 19.7 Å². The van der Waals surface area contributed by atoms with Crippen molar-refractivity contribution in [2.45, 2.75) is 45.4 Å². The molecule has 1 aromatic heterocycles. The predicted octanol–water partition coefficient (Wildman–Crippen LogP) is 2.54. The molecule has 6 heteroatoms. The average molecular weight is 357 g/mol. The molecule has 6 nitrogen and oxygen atoms in total. The van der Waals surface area contributed by atoms with Crippen LogP contribution >= 0.6 is 0 Å². The van der Waals surface area contributed by atoms with Gasteiger partial charge < -0.3 is 10.0 Å². The molecule has 0 radical (unpaired) electrons. The van der Waals surface area contributed by atoms with Gasteiger partial charge in [-0.1, -0.05) is 40.6 Å². The summed E-state index contributed by atoms with van der Waals surface area (Å²) in [7, 11) is 0. The Bertz CT molecular complexity index is 716. The lowest BCUT2D eigenvalue weighted by Gasteiger charge is -2.42. The molecule has 1 amide bonds. The van der Waals surface area contributed by atoms with E-state index in [0.717, 1.165) is 38.6 Å². The van der Waals surface area contributed by atoms with Gasteiger partial charge in [-0.05, 0) is 44.6 Å². The van der Waals surface area contributed by atoms with Crippen LogP contribution in [0.1, 0.15) is 42.6 Å². The number of aliphatic hydroxyl groups is 1. The molecule has 2 aromatic rings. The lowest BCUT2D eigenvalue weighted by molar-refractivity contribution is -0.135. The van der Waals surface area contributed by atoms with Gasteiger partial charge in [0.1, 0.15) is 11.4 Å². The minimum atomic E-state index is -0.195. The number of likely N-dealkylation sites (tertiary alicyclic amines) is 1. The highest BCUT2D eigenvalue weighted by Gasteiger charge is 2.36. The van der Waals surface area contributed by atoms with E-state index in [9.17, 15) is 9.90 Å². The lowest BCUT2D eigenvalue weighted by atomic mass is 9.76. The third kappa shape index (κ3) is 4.49. The van der Waals surface area contributed by atoms with Crippen molar-refractivity contribution < 1.29 is 14.5 Å². The lowest BCUT2D eigenvalue weighted by Crippen LogP contribution is -2.48. The Hall–Kier alpha value is -2.21. The van der Waals surface area contributed by atoms with E-state index in [0.29, 0.717) is 17.9 Å². The van der Waals surface area contributed by atoms with E-state index < -0.39 is 0 Å². The number of rotatable bonds is 7. The van der Waals surface area contributed by atoms with Crippen molar-refractivity contribution in [3.05, 3.63) is 47.3 Å². The van der Waals surface area contributed by atoms with E-state index in [1.54, 1.807) is 6.92 Å². The summed E-state index contributed by atoms with van der Waals surface area (Å²) < 4.78 is 4.68. The van der Waals surface area contributed by atoms with Gasteiger partial charge >= 0.3 is 0 Å². The van der Waals surface area contributed by atoms with Gasteiger partial charge in [0.05, 0.1) is 13.0 Å². The number of hydrogen-bond donors (Lipinski definition) is 1. The molecule has 1 saturated heterocycles. The maximum absolute atomic E-state index is 12.7. The number of carbonyl (C=O) groups excluding carboxylic acids is 1. The first-order valence-electron chi connectivity index (χ1n) is 9.32. The second-order valence-corrected chi connectivity index (χ2v) is 7.39. The molecule has 140 valence electrons. The second kappa shape index (κ2) is 8.45. The Morgan fingerprint density at radius 3 is 2.81 bits per heavy atom. The van der Waals surface area contributed by atoms with E-state index >= 15 is 0 Å². The fraction of sp³-hybridized carbons (Fsp3) is 0.550. The maximum atomic E-state index is 12.7. The second-order valence-electron chi connectivity index (χ2n) is 7.39. The molecule has 1 fully saturated rings. The first-order chi connectivity index (χ1) is 12.6. The standard InChI is InChI=1S/C20H27N3O3/c1-16-18(22-26-21-16)13-19(25)23-12-6-11-20(14-23,15-24)10-5-9-17-7-3-2-4-8-17/h2-4,7-8,24H,5-6,9-15H2,1H3/t20-/m1/s1. The van der Waals surface area contributed by atoms with Crippen LogP contribution in [-0.2, 0) is 17.6 Å². The summed E-state index contributed by atoms with van der Waals surface area (Å²) in [5, 5.41) is 17.6. The average Bonchev–Trinajstić information content (AvgIpc) is 3.07. The van der Waals surface area contributed by atoms with Crippen LogP contribution in [0.25, 0.3) is 0 Å². The van der Waals surface area contributed by atoms with Crippen LogP contribution in [-0.4, -0.2) is 45.9 Å². The number of aryl methyl sites for hydroxylation is 2. The highest BCUT2D eigenvalue weighted by Crippen LogP contribution is 2.35. The van der Waals surface area contributed by atoms with Gasteiger partial charge in [0, 0.05) is 18.5 Å². The van der Waals surface area contributed by atoms with Crippen LogP contribution in [0.5, 0.6) is 0 Å². The van der Waals surface area contributed by atoms with Gasteiger partial charge in [-0.15, -0.1) is 0 Å². The van der Waals surface area contributed by atoms with Crippen LogP contribution in [0.15, 0.2) is 35.0 Å². The summed E-state index contributed by atoms with van der Waals surface area (Å²) in [5.41, 5.74) is 2.38. The van der Waals surface area contributed by atoms with Gasteiger partial charge in [0.25, 0.3) is 0 Å². The fourth-order valence-electron chi connectivity index (χ4n) is 3.81. The number of hydrogen-bond acceptors (Lipinski definition) is 5. The van der Waals surface area contributed by atoms with E-state index in [1.165, 1.54) is 5.56 Å². The van der Waals surface area contributed by atoms with Crippen molar-refractivity contribution in [2.24, 2.45) is 5.41 Å². The van der Waals surface area contributed by atoms with Gasteiger partial charge in [-0.25, -0.2) is 4.63 Å². The van der Waals surface area contributed by atoms with Crippen molar-refractivity contribution in [3.63, 3.8) is 0 Å². The fourth-order valence-corrected chi connectivity index (χ4v) is 3.81. The van der Waals surface area contributed by atoms with Crippen molar-refractivity contribution >= 4 is 5.91 Å². The van der Waals surface area contributed by atoms with Gasteiger partial charge in [-0.2, -0.15) is 0 Å². The first kappa shape index (κ1) is 18.6. The van der Waals surface area contributed by atoms with Gasteiger partial charge in [0.15, 0.2) is 0 Å². The Morgan fingerprint density at radius 2 is 2.12 bits per heavy atom. The zero-order chi connectivity index (χ0) is 18.4. The minimum Gasteiger partial charge on any atom is -0.396 e. The van der Waals surface area contributed by atoms with E-state index in [2.05, 4.69) is 39.2 Å². The maximum Gasteiger partial charge on any atom is 0.228 e. The molecule has 0 saturated carbocycles. The normalized spacial score (nSPS) is 20.3. The van der Waals surface area contributed by atoms with Gasteiger partial charge in [-0.3, -0.25) is 4.79 Å². The molecule has 1 N–H and O–H groups in total. The largest absolute Gasteiger partial charge is 0.396 e. The summed E-state index contributed by atoms with van der Waals surface area (Å²) in [6.45, 7) is 3.26. The van der Waals surface area contributed by atoms with Crippen LogP contribution < -0.4 is 0 Å². The number of aromatic nitrogens is 2. The molecule has 0 unspecified atom stereocenters. The summed E-state index contributed by atoms with van der Waals surface area (Å²) in [4.78, 5) is 14.5. The minimum absolute atomic E-state index is 0.0318. The molecule has 0 bridgehead atoms. The molecule has 1 aromatic carbocycles. The number of aliphatic hydroxyl groups excluding tert-OH is 1. The molecule has 3 rings (SSSR count). The highest BCUT2D eigenvalue weighted by molar-refractivity contribution is 5.78.